The number of hydrogen-bond acceptors (Lipinski definition) is 4. The minimum atomic E-state index is -0.835. The minimum absolute atomic E-state index is 0.0101. The summed E-state index contributed by atoms with van der Waals surface area (Å²) in [5.74, 6) is -0.835. The van der Waals surface area contributed by atoms with Crippen LogP contribution in [0.25, 0.3) is 0 Å². The maximum absolute atomic E-state index is 10.5. The molecule has 1 aliphatic rings. The second-order valence-electron chi connectivity index (χ2n) is 3.82. The second kappa shape index (κ2) is 5.70. The molecule has 0 spiro atoms. The number of hydrogen-bond donors (Lipinski definition) is 1. The van der Waals surface area contributed by atoms with Crippen LogP contribution < -0.4 is 0 Å². The predicted octanol–water partition coefficient (Wildman–Crippen LogP) is 0.948. The number of aliphatic carboxylic acids is 1. The third-order valence-electron chi connectivity index (χ3n) is 2.41. The third kappa shape index (κ3) is 3.87. The highest BCUT2D eigenvalue weighted by molar-refractivity contribution is 5.96. The van der Waals surface area contributed by atoms with E-state index >= 15 is 0 Å². The van der Waals surface area contributed by atoms with Crippen LogP contribution in [0.4, 0.5) is 0 Å². The molecule has 0 amide bonds. The zero-order valence-corrected chi connectivity index (χ0v) is 9.27. The van der Waals surface area contributed by atoms with Crippen molar-refractivity contribution in [1.82, 2.24) is 5.01 Å². The Labute approximate surface area is 89.7 Å². The lowest BCUT2D eigenvalue weighted by atomic mass is 10.2. The lowest BCUT2D eigenvalue weighted by Crippen LogP contribution is -2.29. The van der Waals surface area contributed by atoms with Crippen LogP contribution in [0.15, 0.2) is 5.10 Å². The van der Waals surface area contributed by atoms with E-state index in [2.05, 4.69) is 5.10 Å². The van der Waals surface area contributed by atoms with Gasteiger partial charge >= 0.3 is 5.97 Å². The van der Waals surface area contributed by atoms with Gasteiger partial charge in [-0.3, -0.25) is 9.80 Å². The first-order chi connectivity index (χ1) is 7.13. The molecule has 1 rings (SSSR count). The zero-order chi connectivity index (χ0) is 11.3. The summed E-state index contributed by atoms with van der Waals surface area (Å²) < 4.78 is 5.09. The SMILES string of the molecule is COCC1CCCN1N=C(C)CC(=O)O. The van der Waals surface area contributed by atoms with Crippen molar-refractivity contribution in [2.24, 2.45) is 5.10 Å². The van der Waals surface area contributed by atoms with Crippen LogP contribution in [0.3, 0.4) is 0 Å². The molecular weight excluding hydrogens is 196 g/mol. The van der Waals surface area contributed by atoms with Crippen molar-refractivity contribution in [3.8, 4) is 0 Å². The molecule has 1 fully saturated rings. The van der Waals surface area contributed by atoms with Gasteiger partial charge in [-0.1, -0.05) is 0 Å². The fourth-order valence-corrected chi connectivity index (χ4v) is 1.79. The summed E-state index contributed by atoms with van der Waals surface area (Å²) in [5.41, 5.74) is 0.644. The van der Waals surface area contributed by atoms with E-state index in [1.54, 1.807) is 14.0 Å². The Morgan fingerprint density at radius 2 is 2.40 bits per heavy atom. The maximum atomic E-state index is 10.5. The maximum Gasteiger partial charge on any atom is 0.309 e. The van der Waals surface area contributed by atoms with Crippen LogP contribution in [0.5, 0.6) is 0 Å². The molecule has 1 atom stereocenters. The van der Waals surface area contributed by atoms with Crippen molar-refractivity contribution in [2.75, 3.05) is 20.3 Å². The van der Waals surface area contributed by atoms with E-state index in [0.717, 1.165) is 19.4 Å². The lowest BCUT2D eigenvalue weighted by Gasteiger charge is -2.21. The highest BCUT2D eigenvalue weighted by Crippen LogP contribution is 2.17. The van der Waals surface area contributed by atoms with Gasteiger partial charge in [0.25, 0.3) is 0 Å². The van der Waals surface area contributed by atoms with Gasteiger partial charge in [0.05, 0.1) is 19.1 Å². The van der Waals surface area contributed by atoms with Crippen molar-refractivity contribution in [3.63, 3.8) is 0 Å². The normalized spacial score (nSPS) is 22.1. The number of methoxy groups -OCH3 is 1. The molecule has 1 N–H and O–H groups in total. The number of nitrogens with zero attached hydrogens (tertiary/aromatic N) is 2. The van der Waals surface area contributed by atoms with Gasteiger partial charge in [-0.25, -0.2) is 0 Å². The topological polar surface area (TPSA) is 62.1 Å². The van der Waals surface area contributed by atoms with Gasteiger partial charge in [0.2, 0.25) is 0 Å². The molecule has 0 saturated carbocycles. The van der Waals surface area contributed by atoms with Crippen molar-refractivity contribution in [2.45, 2.75) is 32.2 Å². The molecule has 1 aliphatic heterocycles. The Balaban J connectivity index is 2.51. The molecule has 15 heavy (non-hydrogen) atoms. The minimum Gasteiger partial charge on any atom is -0.481 e. The van der Waals surface area contributed by atoms with Gasteiger partial charge in [-0.05, 0) is 19.8 Å². The zero-order valence-electron chi connectivity index (χ0n) is 9.27. The lowest BCUT2D eigenvalue weighted by molar-refractivity contribution is -0.135. The van der Waals surface area contributed by atoms with E-state index in [1.807, 2.05) is 5.01 Å². The summed E-state index contributed by atoms with van der Waals surface area (Å²) in [6.45, 7) is 3.30. The second-order valence-corrected chi connectivity index (χ2v) is 3.82. The quantitative estimate of drug-likeness (QED) is 0.692. The summed E-state index contributed by atoms with van der Waals surface area (Å²) in [6.07, 6.45) is 2.17. The molecule has 1 heterocycles. The molecule has 0 bridgehead atoms. The largest absolute Gasteiger partial charge is 0.481 e. The summed E-state index contributed by atoms with van der Waals surface area (Å²) >= 11 is 0. The fourth-order valence-electron chi connectivity index (χ4n) is 1.79. The Bertz CT molecular complexity index is 253. The molecule has 0 aromatic rings. The first-order valence-electron chi connectivity index (χ1n) is 5.15. The first kappa shape index (κ1) is 12.0. The van der Waals surface area contributed by atoms with E-state index < -0.39 is 5.97 Å². The Morgan fingerprint density at radius 3 is 3.00 bits per heavy atom. The molecule has 86 valence electrons. The Kier molecular flexibility index (Phi) is 4.55. The van der Waals surface area contributed by atoms with Gasteiger partial charge < -0.3 is 9.84 Å². The van der Waals surface area contributed by atoms with Crippen molar-refractivity contribution >= 4 is 11.7 Å². The number of carboxylic acids is 1. The summed E-state index contributed by atoms with van der Waals surface area (Å²) in [6, 6.07) is 0.304. The van der Waals surface area contributed by atoms with Crippen LogP contribution in [-0.4, -0.2) is 48.1 Å². The molecular formula is C10H18N2O3. The molecule has 1 unspecified atom stereocenters. The van der Waals surface area contributed by atoms with Gasteiger partial charge in [-0.15, -0.1) is 0 Å². The van der Waals surface area contributed by atoms with Crippen LogP contribution in [0.2, 0.25) is 0 Å². The van der Waals surface area contributed by atoms with E-state index in [0.29, 0.717) is 18.4 Å². The number of carbonyl (C=O) groups is 1. The highest BCUT2D eigenvalue weighted by Gasteiger charge is 2.23. The summed E-state index contributed by atoms with van der Waals surface area (Å²) in [4.78, 5) is 10.5. The number of rotatable bonds is 5. The number of hydrazone groups is 1. The molecule has 5 heteroatoms. The van der Waals surface area contributed by atoms with Crippen LogP contribution in [-0.2, 0) is 9.53 Å². The van der Waals surface area contributed by atoms with E-state index in [4.69, 9.17) is 9.84 Å². The molecule has 0 aromatic heterocycles. The van der Waals surface area contributed by atoms with Crippen molar-refractivity contribution in [3.05, 3.63) is 0 Å². The van der Waals surface area contributed by atoms with Crippen LogP contribution in [0.1, 0.15) is 26.2 Å². The van der Waals surface area contributed by atoms with Crippen LogP contribution >= 0.6 is 0 Å². The molecule has 0 aliphatic carbocycles. The number of carboxylic acid groups (broad SMARTS) is 1. The average Bonchev–Trinajstić information content (AvgIpc) is 2.52. The first-order valence-corrected chi connectivity index (χ1v) is 5.15. The summed E-state index contributed by atoms with van der Waals surface area (Å²) in [5, 5.41) is 14.9. The molecule has 5 nitrogen and oxygen atoms in total. The van der Waals surface area contributed by atoms with E-state index in [-0.39, 0.29) is 6.42 Å². The van der Waals surface area contributed by atoms with Gasteiger partial charge in [0.1, 0.15) is 0 Å². The van der Waals surface area contributed by atoms with Gasteiger partial charge in [0.15, 0.2) is 0 Å². The molecule has 1 saturated heterocycles. The summed E-state index contributed by atoms with van der Waals surface area (Å²) in [7, 11) is 1.67. The van der Waals surface area contributed by atoms with Crippen molar-refractivity contribution < 1.29 is 14.6 Å². The third-order valence-corrected chi connectivity index (χ3v) is 2.41. The van der Waals surface area contributed by atoms with Crippen LogP contribution in [0, 0.1) is 0 Å². The van der Waals surface area contributed by atoms with E-state index in [9.17, 15) is 4.79 Å². The smallest absolute Gasteiger partial charge is 0.309 e. The van der Waals surface area contributed by atoms with Gasteiger partial charge in [0, 0.05) is 19.4 Å². The van der Waals surface area contributed by atoms with Gasteiger partial charge in [-0.2, -0.15) is 5.10 Å². The predicted molar refractivity (Wildman–Crippen MR) is 57.0 cm³/mol. The molecule has 0 radical (unpaired) electrons. The average molecular weight is 214 g/mol. The number of ether oxygens (including phenoxy) is 1. The standard InChI is InChI=1S/C10H18N2O3/c1-8(6-10(13)14)11-12-5-3-4-9(12)7-15-2/h9H,3-7H2,1-2H3,(H,13,14). The monoisotopic (exact) mass is 214 g/mol. The molecule has 0 aromatic carbocycles. The Morgan fingerprint density at radius 1 is 1.67 bits per heavy atom. The van der Waals surface area contributed by atoms with Crippen molar-refractivity contribution in [1.29, 1.82) is 0 Å². The fraction of sp³-hybridized carbons (Fsp3) is 0.800. The van der Waals surface area contributed by atoms with E-state index in [1.165, 1.54) is 0 Å². The highest BCUT2D eigenvalue weighted by atomic mass is 16.5. The Hall–Kier alpha value is -1.10.